The third-order valence-electron chi connectivity index (χ3n) is 4.94. The summed E-state index contributed by atoms with van der Waals surface area (Å²) in [5.74, 6) is 2.55. The molecule has 0 bridgehead atoms. The molecule has 5 nitrogen and oxygen atoms in total. The topological polar surface area (TPSA) is 78.0 Å². The lowest BCUT2D eigenvalue weighted by Gasteiger charge is -2.36. The molecule has 21 heavy (non-hydrogen) atoms. The van der Waals surface area contributed by atoms with Gasteiger partial charge in [-0.2, -0.15) is 0 Å². The molecule has 5 heteroatoms. The molecule has 0 unspecified atom stereocenters. The molecule has 1 heterocycles. The van der Waals surface area contributed by atoms with Gasteiger partial charge in [-0.05, 0) is 44.4 Å². The lowest BCUT2D eigenvalue weighted by Crippen LogP contribution is -2.40. The molecule has 0 aliphatic heterocycles. The van der Waals surface area contributed by atoms with E-state index in [-0.39, 0.29) is 5.56 Å². The lowest BCUT2D eigenvalue weighted by molar-refractivity contribution is 0.00222. The second-order valence-electron chi connectivity index (χ2n) is 6.72. The number of hydrogen-bond donors (Lipinski definition) is 3. The van der Waals surface area contributed by atoms with Gasteiger partial charge in [-0.3, -0.25) is 4.79 Å². The predicted molar refractivity (Wildman–Crippen MR) is 82.5 cm³/mol. The maximum absolute atomic E-state index is 11.7. The Morgan fingerprint density at radius 3 is 2.71 bits per heavy atom. The first-order valence-electron chi connectivity index (χ1n) is 8.15. The summed E-state index contributed by atoms with van der Waals surface area (Å²) in [6.45, 7) is 2.69. The third kappa shape index (κ3) is 3.64. The summed E-state index contributed by atoms with van der Waals surface area (Å²) in [5.41, 5.74) is -0.772. The molecule has 0 radical (unpaired) electrons. The maximum atomic E-state index is 11.7. The van der Waals surface area contributed by atoms with Crippen LogP contribution in [0.4, 0.5) is 5.82 Å². The van der Waals surface area contributed by atoms with Gasteiger partial charge in [0, 0.05) is 18.5 Å². The Hall–Kier alpha value is -1.36. The fourth-order valence-electron chi connectivity index (χ4n) is 3.17. The summed E-state index contributed by atoms with van der Waals surface area (Å²) in [4.78, 5) is 18.9. The molecule has 3 N–H and O–H groups in total. The zero-order valence-corrected chi connectivity index (χ0v) is 12.7. The Morgan fingerprint density at radius 2 is 2.10 bits per heavy atom. The average Bonchev–Trinajstić information content (AvgIpc) is 3.30. The summed E-state index contributed by atoms with van der Waals surface area (Å²) in [7, 11) is 0. The molecule has 3 rings (SSSR count). The van der Waals surface area contributed by atoms with E-state index in [4.69, 9.17) is 0 Å². The largest absolute Gasteiger partial charge is 0.388 e. The standard InChI is InChI=1S/C16H25N3O2/c1-2-11-5-7-16(21,8-6-11)10-17-13-9-14(20)19-15(18-13)12-3-4-12/h9,11-12,21H,2-8,10H2,1H3,(H2,17,18,19,20). The Morgan fingerprint density at radius 1 is 1.38 bits per heavy atom. The predicted octanol–water partition coefficient (Wildman–Crippen LogP) is 2.39. The van der Waals surface area contributed by atoms with Crippen molar-refractivity contribution in [1.82, 2.24) is 9.97 Å². The fourth-order valence-corrected chi connectivity index (χ4v) is 3.17. The van der Waals surface area contributed by atoms with Crippen molar-refractivity contribution in [2.45, 2.75) is 63.4 Å². The second kappa shape index (κ2) is 5.79. The average molecular weight is 291 g/mol. The molecule has 1 aromatic rings. The van der Waals surface area contributed by atoms with Crippen molar-refractivity contribution >= 4 is 5.82 Å². The maximum Gasteiger partial charge on any atom is 0.252 e. The van der Waals surface area contributed by atoms with Crippen molar-refractivity contribution in [3.8, 4) is 0 Å². The van der Waals surface area contributed by atoms with Crippen LogP contribution in [-0.4, -0.2) is 27.2 Å². The van der Waals surface area contributed by atoms with Gasteiger partial charge in [0.25, 0.3) is 5.56 Å². The minimum atomic E-state index is -0.657. The van der Waals surface area contributed by atoms with Gasteiger partial charge in [0.2, 0.25) is 0 Å². The van der Waals surface area contributed by atoms with E-state index in [1.54, 1.807) is 0 Å². The van der Waals surface area contributed by atoms with E-state index >= 15 is 0 Å². The first kappa shape index (κ1) is 14.6. The highest BCUT2D eigenvalue weighted by atomic mass is 16.3. The molecule has 0 spiro atoms. The quantitative estimate of drug-likeness (QED) is 0.778. The van der Waals surface area contributed by atoms with Gasteiger partial charge >= 0.3 is 0 Å². The van der Waals surface area contributed by atoms with Crippen LogP contribution in [0.15, 0.2) is 10.9 Å². The first-order chi connectivity index (χ1) is 10.1. The minimum Gasteiger partial charge on any atom is -0.388 e. The normalized spacial score (nSPS) is 29.3. The van der Waals surface area contributed by atoms with Gasteiger partial charge in [0.1, 0.15) is 11.6 Å². The molecular formula is C16H25N3O2. The van der Waals surface area contributed by atoms with Crippen molar-refractivity contribution in [1.29, 1.82) is 0 Å². The molecule has 0 saturated heterocycles. The number of hydrogen-bond acceptors (Lipinski definition) is 4. The summed E-state index contributed by atoms with van der Waals surface area (Å²) >= 11 is 0. The number of anilines is 1. The highest BCUT2D eigenvalue weighted by Gasteiger charge is 2.32. The van der Waals surface area contributed by atoms with Crippen molar-refractivity contribution in [3.05, 3.63) is 22.2 Å². The molecule has 2 aliphatic carbocycles. The molecule has 2 saturated carbocycles. The number of aromatic nitrogens is 2. The van der Waals surface area contributed by atoms with Crippen LogP contribution < -0.4 is 10.9 Å². The third-order valence-corrected chi connectivity index (χ3v) is 4.94. The zero-order chi connectivity index (χ0) is 14.9. The van der Waals surface area contributed by atoms with Gasteiger partial charge in [-0.1, -0.05) is 13.3 Å². The Bertz CT molecular complexity index is 543. The molecule has 0 aromatic carbocycles. The summed E-state index contributed by atoms with van der Waals surface area (Å²) in [5, 5.41) is 13.8. The van der Waals surface area contributed by atoms with Crippen LogP contribution in [0.3, 0.4) is 0 Å². The van der Waals surface area contributed by atoms with Crippen molar-refractivity contribution in [2.24, 2.45) is 5.92 Å². The van der Waals surface area contributed by atoms with Crippen LogP contribution in [0.1, 0.15) is 63.6 Å². The van der Waals surface area contributed by atoms with E-state index in [0.717, 1.165) is 50.3 Å². The monoisotopic (exact) mass is 291 g/mol. The Kier molecular flexibility index (Phi) is 4.02. The Labute approximate surface area is 125 Å². The summed E-state index contributed by atoms with van der Waals surface area (Å²) in [6, 6.07) is 1.48. The second-order valence-corrected chi connectivity index (χ2v) is 6.72. The lowest BCUT2D eigenvalue weighted by atomic mass is 9.78. The van der Waals surface area contributed by atoms with E-state index in [9.17, 15) is 9.90 Å². The van der Waals surface area contributed by atoms with E-state index in [0.29, 0.717) is 18.3 Å². The van der Waals surface area contributed by atoms with Crippen LogP contribution >= 0.6 is 0 Å². The zero-order valence-electron chi connectivity index (χ0n) is 12.7. The van der Waals surface area contributed by atoms with Crippen LogP contribution in [0, 0.1) is 5.92 Å². The number of rotatable bonds is 5. The number of H-pyrrole nitrogens is 1. The van der Waals surface area contributed by atoms with Crippen molar-refractivity contribution in [3.63, 3.8) is 0 Å². The summed E-state index contributed by atoms with van der Waals surface area (Å²) in [6.07, 6.45) is 7.25. The fraction of sp³-hybridized carbons (Fsp3) is 0.750. The van der Waals surface area contributed by atoms with Crippen LogP contribution in [-0.2, 0) is 0 Å². The number of nitrogens with zero attached hydrogens (tertiary/aromatic N) is 1. The molecule has 2 aliphatic rings. The van der Waals surface area contributed by atoms with Gasteiger partial charge in [-0.15, -0.1) is 0 Å². The van der Waals surface area contributed by atoms with E-state index in [2.05, 4.69) is 22.2 Å². The minimum absolute atomic E-state index is 0.115. The number of aliphatic hydroxyl groups is 1. The molecule has 0 atom stereocenters. The molecule has 1 aromatic heterocycles. The Balaban J connectivity index is 1.61. The van der Waals surface area contributed by atoms with Gasteiger partial charge < -0.3 is 15.4 Å². The van der Waals surface area contributed by atoms with Crippen molar-refractivity contribution in [2.75, 3.05) is 11.9 Å². The van der Waals surface area contributed by atoms with Crippen LogP contribution in [0.25, 0.3) is 0 Å². The smallest absolute Gasteiger partial charge is 0.252 e. The van der Waals surface area contributed by atoms with Gasteiger partial charge in [0.15, 0.2) is 0 Å². The van der Waals surface area contributed by atoms with Gasteiger partial charge in [0.05, 0.1) is 5.60 Å². The SMILES string of the molecule is CCC1CCC(O)(CNc2cc(=O)[nH]c(C3CC3)n2)CC1. The number of nitrogens with one attached hydrogen (secondary N) is 2. The van der Waals surface area contributed by atoms with E-state index in [1.165, 1.54) is 12.5 Å². The summed E-state index contributed by atoms with van der Waals surface area (Å²) < 4.78 is 0. The van der Waals surface area contributed by atoms with E-state index in [1.807, 2.05) is 0 Å². The van der Waals surface area contributed by atoms with Crippen LogP contribution in [0.5, 0.6) is 0 Å². The highest BCUT2D eigenvalue weighted by Crippen LogP contribution is 2.38. The first-order valence-corrected chi connectivity index (χ1v) is 8.15. The van der Waals surface area contributed by atoms with Crippen molar-refractivity contribution < 1.29 is 5.11 Å². The van der Waals surface area contributed by atoms with Gasteiger partial charge in [-0.25, -0.2) is 4.98 Å². The molecule has 2 fully saturated rings. The van der Waals surface area contributed by atoms with Crippen LogP contribution in [0.2, 0.25) is 0 Å². The number of aromatic amines is 1. The van der Waals surface area contributed by atoms with E-state index < -0.39 is 5.60 Å². The highest BCUT2D eigenvalue weighted by molar-refractivity contribution is 5.34. The molecular weight excluding hydrogens is 266 g/mol. The molecule has 116 valence electrons. The molecule has 0 amide bonds.